The van der Waals surface area contributed by atoms with Crippen LogP contribution in [0.25, 0.3) is 11.1 Å². The van der Waals surface area contributed by atoms with Crippen LogP contribution in [-0.2, 0) is 32.0 Å². The van der Waals surface area contributed by atoms with Crippen LogP contribution in [0.3, 0.4) is 0 Å². The van der Waals surface area contributed by atoms with Crippen molar-refractivity contribution in [3.05, 3.63) is 120 Å². The van der Waals surface area contributed by atoms with Gasteiger partial charge in [-0.1, -0.05) is 84.9 Å². The zero-order chi connectivity index (χ0) is 38.2. The zero-order valence-corrected chi connectivity index (χ0v) is 31.8. The molecule has 2 saturated heterocycles. The van der Waals surface area contributed by atoms with Crippen LogP contribution in [-0.4, -0.2) is 109 Å². The maximum absolute atomic E-state index is 13.7. The number of anilines is 2. The number of nitrogens with one attached hydrogen (secondary N) is 2. The van der Waals surface area contributed by atoms with Crippen LogP contribution < -0.4 is 10.6 Å². The number of rotatable bonds is 13. The van der Waals surface area contributed by atoms with Crippen LogP contribution in [0, 0.1) is 0 Å². The lowest BCUT2D eigenvalue weighted by atomic mass is 10.0. The molecular weight excluding hydrogens is 677 g/mol. The summed E-state index contributed by atoms with van der Waals surface area (Å²) in [5.41, 5.74) is 5.41. The normalized spacial score (nSPS) is 18.1. The fourth-order valence-corrected chi connectivity index (χ4v) is 7.59. The molecule has 10 heteroatoms. The first kappa shape index (κ1) is 38.4. The summed E-state index contributed by atoms with van der Waals surface area (Å²) in [7, 11) is 7.63. The van der Waals surface area contributed by atoms with Gasteiger partial charge in [0.2, 0.25) is 23.6 Å². The number of benzene rings is 4. The fourth-order valence-electron chi connectivity index (χ4n) is 7.59. The van der Waals surface area contributed by atoms with E-state index in [1.807, 2.05) is 147 Å². The van der Waals surface area contributed by atoms with Crippen molar-refractivity contribution < 1.29 is 19.2 Å². The summed E-state index contributed by atoms with van der Waals surface area (Å²) >= 11 is 0. The standard InChI is InChI=1S/C44H52N6O4/c1-47(2)39(29-31-13-7-5-8-14-31)43(53)49-27-11-17-37(49)41(51)45-35-23-19-33(20-24-35)34-21-25-36(26-22-34)46-42(52)38-18-12-28-50(38)44(54)40(48(3)4)30-32-15-9-6-10-16-32/h5-10,13-16,19-26,37-40H,11-12,17-18,27-30H2,1-4H3,(H,45,51)(H,46,52)/t37-,38-,39-,40-/m0/s1. The summed E-state index contributed by atoms with van der Waals surface area (Å²) in [5, 5.41) is 6.07. The van der Waals surface area contributed by atoms with Crippen molar-refractivity contribution in [1.82, 2.24) is 19.6 Å². The minimum absolute atomic E-state index is 0.0256. The molecule has 10 nitrogen and oxygen atoms in total. The number of nitrogens with zero attached hydrogens (tertiary/aromatic N) is 4. The number of likely N-dealkylation sites (N-methyl/N-ethyl adjacent to an activating group) is 2. The van der Waals surface area contributed by atoms with Crippen LogP contribution in [0.5, 0.6) is 0 Å². The Balaban J connectivity index is 1.04. The zero-order valence-electron chi connectivity index (χ0n) is 31.8. The molecule has 4 amide bonds. The van der Waals surface area contributed by atoms with Crippen molar-refractivity contribution in [2.75, 3.05) is 51.9 Å². The average Bonchev–Trinajstić information content (AvgIpc) is 3.88. The van der Waals surface area contributed by atoms with Crippen LogP contribution in [0.2, 0.25) is 0 Å². The molecule has 0 spiro atoms. The highest BCUT2D eigenvalue weighted by atomic mass is 16.2. The number of amides is 4. The number of hydrogen-bond acceptors (Lipinski definition) is 6. The van der Waals surface area contributed by atoms with Gasteiger partial charge in [-0.15, -0.1) is 0 Å². The van der Waals surface area contributed by atoms with E-state index in [9.17, 15) is 19.2 Å². The van der Waals surface area contributed by atoms with Gasteiger partial charge in [0.05, 0.1) is 12.1 Å². The van der Waals surface area contributed by atoms with Gasteiger partial charge in [0.1, 0.15) is 12.1 Å². The van der Waals surface area contributed by atoms with E-state index in [1.165, 1.54) is 0 Å². The predicted molar refractivity (Wildman–Crippen MR) is 214 cm³/mol. The van der Waals surface area contributed by atoms with Gasteiger partial charge < -0.3 is 20.4 Å². The van der Waals surface area contributed by atoms with E-state index in [4.69, 9.17) is 0 Å². The SMILES string of the molecule is CN(C)[C@@H](Cc1ccccc1)C(=O)N1CCC[C@H]1C(=O)Nc1ccc(-c2ccc(NC(=O)[C@@H]3CCCN3C(=O)[C@H](Cc3ccccc3)N(C)C)cc2)cc1. The summed E-state index contributed by atoms with van der Waals surface area (Å²) in [6, 6.07) is 33.4. The van der Waals surface area contributed by atoms with Gasteiger partial charge in [0.25, 0.3) is 0 Å². The smallest absolute Gasteiger partial charge is 0.247 e. The van der Waals surface area contributed by atoms with Crippen LogP contribution in [0.4, 0.5) is 11.4 Å². The third kappa shape index (κ3) is 9.24. The van der Waals surface area contributed by atoms with E-state index in [0.29, 0.717) is 50.1 Å². The average molecular weight is 729 g/mol. The van der Waals surface area contributed by atoms with Gasteiger partial charge >= 0.3 is 0 Å². The molecule has 4 aromatic carbocycles. The van der Waals surface area contributed by atoms with E-state index in [0.717, 1.165) is 35.1 Å². The van der Waals surface area contributed by atoms with Crippen molar-refractivity contribution in [2.45, 2.75) is 62.7 Å². The molecule has 0 radical (unpaired) electrons. The van der Waals surface area contributed by atoms with Crippen molar-refractivity contribution in [1.29, 1.82) is 0 Å². The lowest BCUT2D eigenvalue weighted by Crippen LogP contribution is -2.51. The van der Waals surface area contributed by atoms with Gasteiger partial charge in [0, 0.05) is 24.5 Å². The van der Waals surface area contributed by atoms with Crippen LogP contribution in [0.1, 0.15) is 36.8 Å². The van der Waals surface area contributed by atoms with E-state index in [1.54, 1.807) is 9.80 Å². The Kier molecular flexibility index (Phi) is 12.6. The highest BCUT2D eigenvalue weighted by Gasteiger charge is 2.39. The number of carbonyl (C=O) groups is 4. The molecule has 4 atom stereocenters. The first-order chi connectivity index (χ1) is 26.1. The van der Waals surface area contributed by atoms with Crippen LogP contribution in [0.15, 0.2) is 109 Å². The molecule has 2 N–H and O–H groups in total. The number of carbonyl (C=O) groups excluding carboxylic acids is 4. The third-order valence-electron chi connectivity index (χ3n) is 10.7. The first-order valence-corrected chi connectivity index (χ1v) is 18.9. The lowest BCUT2D eigenvalue weighted by Gasteiger charge is -2.31. The van der Waals surface area contributed by atoms with Gasteiger partial charge in [-0.2, -0.15) is 0 Å². The molecule has 282 valence electrons. The molecule has 4 aromatic rings. The highest BCUT2D eigenvalue weighted by molar-refractivity contribution is 5.99. The minimum atomic E-state index is -0.517. The Morgan fingerprint density at radius 3 is 1.24 bits per heavy atom. The molecule has 54 heavy (non-hydrogen) atoms. The Hall–Kier alpha value is -5.32. The largest absolute Gasteiger partial charge is 0.329 e. The topological polar surface area (TPSA) is 105 Å². The van der Waals surface area contributed by atoms with Crippen molar-refractivity contribution in [2.24, 2.45) is 0 Å². The Morgan fingerprint density at radius 2 is 0.907 bits per heavy atom. The molecule has 0 aliphatic carbocycles. The number of hydrogen-bond donors (Lipinski definition) is 2. The molecule has 0 aromatic heterocycles. The molecule has 0 unspecified atom stereocenters. The summed E-state index contributed by atoms with van der Waals surface area (Å²) in [5.74, 6) is -0.409. The second-order valence-corrected chi connectivity index (χ2v) is 14.9. The second kappa shape index (κ2) is 17.7. The maximum Gasteiger partial charge on any atom is 0.247 e. The van der Waals surface area contributed by atoms with Crippen molar-refractivity contribution in [3.63, 3.8) is 0 Å². The lowest BCUT2D eigenvalue weighted by molar-refractivity contribution is -0.140. The van der Waals surface area contributed by atoms with Gasteiger partial charge in [0.15, 0.2) is 0 Å². The molecule has 0 saturated carbocycles. The van der Waals surface area contributed by atoms with Gasteiger partial charge in [-0.25, -0.2) is 0 Å². The predicted octanol–water partition coefficient (Wildman–Crippen LogP) is 5.56. The Labute approximate surface area is 319 Å². The van der Waals surface area contributed by atoms with Gasteiger partial charge in [-0.3, -0.25) is 29.0 Å². The summed E-state index contributed by atoms with van der Waals surface area (Å²) in [4.78, 5) is 61.7. The van der Waals surface area contributed by atoms with E-state index >= 15 is 0 Å². The number of likely N-dealkylation sites (tertiary alicyclic amines) is 2. The Bertz CT molecular complexity index is 1740. The van der Waals surface area contributed by atoms with Crippen LogP contribution >= 0.6 is 0 Å². The van der Waals surface area contributed by atoms with E-state index < -0.39 is 12.1 Å². The van der Waals surface area contributed by atoms with Gasteiger partial charge in [-0.05, 0) is 113 Å². The van der Waals surface area contributed by atoms with Crippen molar-refractivity contribution in [3.8, 4) is 11.1 Å². The Morgan fingerprint density at radius 1 is 0.556 bits per heavy atom. The maximum atomic E-state index is 13.7. The molecular formula is C44H52N6O4. The molecule has 2 heterocycles. The third-order valence-corrected chi connectivity index (χ3v) is 10.7. The highest BCUT2D eigenvalue weighted by Crippen LogP contribution is 2.27. The summed E-state index contributed by atoms with van der Waals surface area (Å²) in [6.45, 7) is 1.13. The molecule has 6 rings (SSSR count). The first-order valence-electron chi connectivity index (χ1n) is 18.9. The van der Waals surface area contributed by atoms with Crippen molar-refractivity contribution >= 4 is 35.0 Å². The second-order valence-electron chi connectivity index (χ2n) is 14.9. The fraction of sp³-hybridized carbons (Fsp3) is 0.364. The molecule has 2 aliphatic rings. The molecule has 0 bridgehead atoms. The monoisotopic (exact) mass is 728 g/mol. The van der Waals surface area contributed by atoms with E-state index in [2.05, 4.69) is 10.6 Å². The minimum Gasteiger partial charge on any atom is -0.329 e. The summed E-state index contributed by atoms with van der Waals surface area (Å²) in [6.07, 6.45) is 3.99. The quantitative estimate of drug-likeness (QED) is 0.187. The van der Waals surface area contributed by atoms with E-state index in [-0.39, 0.29) is 35.7 Å². The molecule has 2 fully saturated rings. The molecule has 2 aliphatic heterocycles. The summed E-state index contributed by atoms with van der Waals surface area (Å²) < 4.78 is 0.